The van der Waals surface area contributed by atoms with Crippen molar-refractivity contribution in [1.29, 1.82) is 0 Å². The number of amides is 2. The average Bonchev–Trinajstić information content (AvgIpc) is 2.04. The summed E-state index contributed by atoms with van der Waals surface area (Å²) >= 11 is 5.88. The molecule has 0 saturated carbocycles. The van der Waals surface area contributed by atoms with Crippen molar-refractivity contribution in [2.75, 3.05) is 64.8 Å². The van der Waals surface area contributed by atoms with E-state index < -0.39 is 0 Å². The second kappa shape index (κ2) is 127. The molecule has 6 aromatic carbocycles. The highest BCUT2D eigenvalue weighted by molar-refractivity contribution is 9.09. The minimum Gasteiger partial charge on any atom is -0.384 e. The summed E-state index contributed by atoms with van der Waals surface area (Å²) in [6.45, 7) is 18.8. The topological polar surface area (TPSA) is 225 Å². The number of terminal acetylenes is 1. The summed E-state index contributed by atoms with van der Waals surface area (Å²) in [5, 5.41) is 41.4. The number of carbonyl (C=O) groups is 2. The lowest BCUT2D eigenvalue weighted by molar-refractivity contribution is 0.0879. The largest absolute Gasteiger partial charge is 0.384 e. The first-order chi connectivity index (χ1) is 44.5. The van der Waals surface area contributed by atoms with E-state index in [2.05, 4.69) is 144 Å². The van der Waals surface area contributed by atoms with E-state index in [0.29, 0.717) is 24.2 Å². The number of carbonyl (C=O) groups excluding carboxylic acids is 2. The van der Waals surface area contributed by atoms with Crippen molar-refractivity contribution in [3.05, 3.63) is 217 Å². The van der Waals surface area contributed by atoms with E-state index in [4.69, 9.17) is 37.0 Å². The fourth-order valence-corrected chi connectivity index (χ4v) is 3.92. The van der Waals surface area contributed by atoms with Crippen molar-refractivity contribution in [2.24, 2.45) is 17.2 Å². The van der Waals surface area contributed by atoms with Gasteiger partial charge in [0.25, 0.3) is 11.8 Å². The van der Waals surface area contributed by atoms with Crippen LogP contribution < -0.4 is 22.5 Å². The van der Waals surface area contributed by atoms with E-state index >= 15 is 0 Å². The van der Waals surface area contributed by atoms with E-state index in [0.717, 1.165) is 12.8 Å². The molecule has 1 heterocycles. The first-order valence-electron chi connectivity index (χ1n) is 27.9. The number of fused-ring (bicyclic) bond motifs is 1. The average molecular weight is 1370 g/mol. The molecule has 0 unspecified atom stereocenters. The number of nitrogens with one attached hydrogen (secondary N) is 1. The highest BCUT2D eigenvalue weighted by Gasteiger charge is 2.25. The quantitative estimate of drug-likeness (QED) is 0.0397. The van der Waals surface area contributed by atoms with Gasteiger partial charge in [0.2, 0.25) is 0 Å². The van der Waals surface area contributed by atoms with Crippen LogP contribution in [0, 0.1) is 107 Å². The molecule has 7 rings (SSSR count). The zero-order valence-electron chi connectivity index (χ0n) is 56.1. The zero-order valence-corrected chi connectivity index (χ0v) is 59.3. The van der Waals surface area contributed by atoms with Crippen molar-refractivity contribution in [1.82, 2.24) is 5.32 Å². The van der Waals surface area contributed by atoms with E-state index in [1.54, 1.807) is 65.8 Å². The maximum absolute atomic E-state index is 10.9. The second-order valence-corrected chi connectivity index (χ2v) is 13.6. The van der Waals surface area contributed by atoms with Crippen molar-refractivity contribution < 1.29 is 35.1 Å². The fourth-order valence-electron chi connectivity index (χ4n) is 3.92. The summed E-state index contributed by atoms with van der Waals surface area (Å²) < 4.78 is 0. The number of rotatable bonds is 0. The SMILES string of the molecule is C#CCO.CBr.CBr.CC#CCC.CC#CCC.CC#CCN.CC#CCN.CC#CCO.CC#CCO.CC#CCO.CC#CCO.CN.O=C1NC(=O)c2ccccc21.c1ccccc1.c1ccccc1.c1ccccc1.c1ccccc1.c1ccccc1. The molecule has 0 atom stereocenters. The minimum absolute atomic E-state index is 0.0174. The van der Waals surface area contributed by atoms with Gasteiger partial charge >= 0.3 is 0 Å². The third-order valence-corrected chi connectivity index (χ3v) is 7.36. The summed E-state index contributed by atoms with van der Waals surface area (Å²) in [6.07, 6.45) is 6.49. The first-order valence-corrected chi connectivity index (χ1v) is 31.0. The summed E-state index contributed by atoms with van der Waals surface area (Å²) in [7, 11) is 1.50. The maximum Gasteiger partial charge on any atom is 0.258 e. The van der Waals surface area contributed by atoms with Crippen LogP contribution in [0.15, 0.2) is 206 Å². The van der Waals surface area contributed by atoms with E-state index in [1.807, 2.05) is 227 Å². The molecular weight excluding hydrogens is 1260 g/mol. The highest BCUT2D eigenvalue weighted by Crippen LogP contribution is 2.13. The number of hydrogen-bond donors (Lipinski definition) is 9. The van der Waals surface area contributed by atoms with Crippen LogP contribution in [-0.4, -0.2) is 102 Å². The standard InChI is InChI=1S/C8H5NO2.5C6H6.2C5H8.2C4H7N.4C4H6O.C3H4O.2CH3Br.CH5N/c10-7-5-3-1-2-4-6(5)8(11)9-7;5*1-2-4-6-5-3-1;2*1-3-5-4-2;6*1-2-3-4-5;1-2-3-4;3*1-2/h1-4H,(H,9,10,11);5*1-6H;2*3H2,1-2H3;2*4-5H2,1H3;4*5H,4H2,1H3;1,4H,3H2;2*1H3;2H2,1H3. The molecule has 0 aromatic heterocycles. The van der Waals surface area contributed by atoms with Gasteiger partial charge in [0, 0.05) is 12.8 Å². The van der Waals surface area contributed by atoms with Gasteiger partial charge in [0.05, 0.1) is 24.2 Å². The van der Waals surface area contributed by atoms with Crippen LogP contribution in [0.3, 0.4) is 0 Å². The molecular formula is C78H104Br2N4O7. The molecule has 0 fully saturated rings. The minimum atomic E-state index is -0.300. The number of hydrogen-bond acceptors (Lipinski definition) is 10. The molecule has 1 aliphatic rings. The Hall–Kier alpha value is -8.86. The molecule has 12 N–H and O–H groups in total. The summed E-state index contributed by atoms with van der Waals surface area (Å²) in [6, 6.07) is 66.7. The van der Waals surface area contributed by atoms with E-state index in [9.17, 15) is 9.59 Å². The Balaban J connectivity index is -0.0000000838. The Bertz CT molecular complexity index is 2270. The molecule has 0 saturated heterocycles. The third-order valence-electron chi connectivity index (χ3n) is 7.36. The summed E-state index contributed by atoms with van der Waals surface area (Å²) in [5.41, 5.74) is 15.4. The molecule has 492 valence electrons. The normalized spacial score (nSPS) is 7.10. The van der Waals surface area contributed by atoms with Gasteiger partial charge in [0.15, 0.2) is 0 Å². The Kier molecular flexibility index (Phi) is 149. The molecule has 0 radical (unpaired) electrons. The smallest absolute Gasteiger partial charge is 0.258 e. The predicted molar refractivity (Wildman–Crippen MR) is 401 cm³/mol. The number of aliphatic hydroxyl groups excluding tert-OH is 5. The zero-order chi connectivity index (χ0) is 71.4. The van der Waals surface area contributed by atoms with Crippen LogP contribution in [0.4, 0.5) is 0 Å². The van der Waals surface area contributed by atoms with Crippen LogP contribution in [0.1, 0.15) is 103 Å². The van der Waals surface area contributed by atoms with Crippen LogP contribution in [0.5, 0.6) is 0 Å². The number of imide groups is 1. The number of halogens is 2. The molecule has 11 nitrogen and oxygen atoms in total. The van der Waals surface area contributed by atoms with Crippen molar-refractivity contribution in [3.63, 3.8) is 0 Å². The third kappa shape index (κ3) is 136. The van der Waals surface area contributed by atoms with Crippen LogP contribution >= 0.6 is 31.9 Å². The molecule has 0 aliphatic carbocycles. The van der Waals surface area contributed by atoms with Crippen LogP contribution in [0.25, 0.3) is 0 Å². The highest BCUT2D eigenvalue weighted by atomic mass is 79.9. The number of alkyl halides is 2. The first kappa shape index (κ1) is 107. The number of benzene rings is 6. The van der Waals surface area contributed by atoms with Gasteiger partial charge in [0.1, 0.15) is 33.0 Å². The predicted octanol–water partition coefficient (Wildman–Crippen LogP) is 13.0. The van der Waals surface area contributed by atoms with Crippen molar-refractivity contribution in [3.8, 4) is 107 Å². The molecule has 2 amide bonds. The van der Waals surface area contributed by atoms with Gasteiger partial charge in [-0.05, 0) is 86.2 Å². The fraction of sp³-hybridized carbons (Fsp3) is 0.282. The summed E-state index contributed by atoms with van der Waals surface area (Å²) in [5.74, 6) is 46.6. The molecule has 0 bridgehead atoms. The molecule has 6 aromatic rings. The van der Waals surface area contributed by atoms with Gasteiger partial charge in [-0.15, -0.1) is 65.6 Å². The van der Waals surface area contributed by atoms with Gasteiger partial charge in [-0.3, -0.25) is 14.9 Å². The van der Waals surface area contributed by atoms with Gasteiger partial charge in [-0.25, -0.2) is 0 Å². The van der Waals surface area contributed by atoms with Gasteiger partial charge in [-0.2, -0.15) is 0 Å². The molecule has 91 heavy (non-hydrogen) atoms. The lowest BCUT2D eigenvalue weighted by Gasteiger charge is -1.88. The van der Waals surface area contributed by atoms with Gasteiger partial charge < -0.3 is 42.7 Å². The Morgan fingerprint density at radius 2 is 0.484 bits per heavy atom. The van der Waals surface area contributed by atoms with E-state index in [1.165, 1.54) is 7.05 Å². The van der Waals surface area contributed by atoms with Crippen molar-refractivity contribution in [2.45, 2.75) is 82.1 Å². The second-order valence-electron chi connectivity index (χ2n) is 13.6. The van der Waals surface area contributed by atoms with Gasteiger partial charge in [-0.1, -0.05) is 281 Å². The Morgan fingerprint density at radius 3 is 0.549 bits per heavy atom. The summed E-state index contributed by atoms with van der Waals surface area (Å²) in [4.78, 5) is 21.9. The lowest BCUT2D eigenvalue weighted by atomic mass is 10.1. The Morgan fingerprint density at radius 1 is 0.330 bits per heavy atom. The number of aliphatic hydroxyl groups is 5. The van der Waals surface area contributed by atoms with Crippen molar-refractivity contribution >= 4 is 43.7 Å². The molecule has 13 heteroatoms. The Labute approximate surface area is 569 Å². The monoisotopic (exact) mass is 1370 g/mol. The van der Waals surface area contributed by atoms with Crippen LogP contribution in [0.2, 0.25) is 0 Å². The molecule has 1 aliphatic heterocycles. The van der Waals surface area contributed by atoms with Crippen LogP contribution in [-0.2, 0) is 0 Å². The molecule has 0 spiro atoms. The van der Waals surface area contributed by atoms with E-state index in [-0.39, 0.29) is 44.8 Å². The maximum atomic E-state index is 10.9. The lowest BCUT2D eigenvalue weighted by Crippen LogP contribution is -2.19. The number of nitrogens with two attached hydrogens (primary N) is 3.